The number of carboxylic acid groups (broad SMARTS) is 1. The van der Waals surface area contributed by atoms with Gasteiger partial charge in [-0.05, 0) is 47.4 Å². The molecule has 0 aliphatic rings. The van der Waals surface area contributed by atoms with Crippen molar-refractivity contribution in [3.63, 3.8) is 0 Å². The first kappa shape index (κ1) is 23.0. The zero-order valence-electron chi connectivity index (χ0n) is 17.9. The molecule has 0 spiro atoms. The summed E-state index contributed by atoms with van der Waals surface area (Å²) in [6.07, 6.45) is -0.0509. The summed E-state index contributed by atoms with van der Waals surface area (Å²) < 4.78 is 32.7. The number of rotatable bonds is 8. The van der Waals surface area contributed by atoms with E-state index in [0.29, 0.717) is 12.4 Å². The first-order chi connectivity index (χ1) is 15.3. The predicted molar refractivity (Wildman–Crippen MR) is 121 cm³/mol. The van der Waals surface area contributed by atoms with Gasteiger partial charge in [-0.1, -0.05) is 60.5 Å². The van der Waals surface area contributed by atoms with Crippen LogP contribution in [0.4, 0.5) is 8.78 Å². The molecule has 0 bridgehead atoms. The maximum Gasteiger partial charge on any atom is 0.304 e. The van der Waals surface area contributed by atoms with Gasteiger partial charge in [0.2, 0.25) is 0 Å². The fraction of sp³-hybridized carbons (Fsp3) is 0.222. The Morgan fingerprint density at radius 1 is 1.03 bits per heavy atom. The van der Waals surface area contributed by atoms with Crippen molar-refractivity contribution in [2.75, 3.05) is 0 Å². The lowest BCUT2D eigenvalue weighted by atomic mass is 9.96. The molecule has 0 fully saturated rings. The Hall–Kier alpha value is -3.65. The Balaban J connectivity index is 1.67. The van der Waals surface area contributed by atoms with Crippen molar-refractivity contribution >= 4 is 5.97 Å². The molecule has 32 heavy (non-hydrogen) atoms. The zero-order chi connectivity index (χ0) is 23.1. The van der Waals surface area contributed by atoms with Gasteiger partial charge in [0, 0.05) is 12.5 Å². The second kappa shape index (κ2) is 10.1. The van der Waals surface area contributed by atoms with Gasteiger partial charge in [0.25, 0.3) is 5.92 Å². The molecule has 3 aromatic carbocycles. The minimum Gasteiger partial charge on any atom is -0.489 e. The van der Waals surface area contributed by atoms with Gasteiger partial charge >= 0.3 is 5.97 Å². The quantitative estimate of drug-likeness (QED) is 0.405. The molecule has 3 rings (SSSR count). The molecule has 0 aliphatic heterocycles. The molecule has 3 aromatic rings. The summed E-state index contributed by atoms with van der Waals surface area (Å²) >= 11 is 0. The molecule has 0 saturated heterocycles. The maximum absolute atomic E-state index is 13.4. The number of hydrogen-bond acceptors (Lipinski definition) is 2. The largest absolute Gasteiger partial charge is 0.489 e. The summed E-state index contributed by atoms with van der Waals surface area (Å²) in [5.74, 6) is 2.26. The number of alkyl halides is 2. The van der Waals surface area contributed by atoms with Gasteiger partial charge in [0.15, 0.2) is 0 Å². The highest BCUT2D eigenvalue weighted by molar-refractivity contribution is 5.69. The Bertz CT molecular complexity index is 1120. The first-order valence-electron chi connectivity index (χ1n) is 10.2. The van der Waals surface area contributed by atoms with Crippen LogP contribution in [-0.4, -0.2) is 11.1 Å². The van der Waals surface area contributed by atoms with Crippen LogP contribution in [0.3, 0.4) is 0 Å². The topological polar surface area (TPSA) is 46.5 Å². The van der Waals surface area contributed by atoms with Crippen molar-refractivity contribution in [1.82, 2.24) is 0 Å². The van der Waals surface area contributed by atoms with Crippen molar-refractivity contribution in [3.05, 3.63) is 89.5 Å². The minimum absolute atomic E-state index is 0.0142. The molecule has 1 N–H and O–H groups in total. The summed E-state index contributed by atoms with van der Waals surface area (Å²) in [7, 11) is 0. The van der Waals surface area contributed by atoms with Crippen molar-refractivity contribution in [2.24, 2.45) is 0 Å². The Morgan fingerprint density at radius 3 is 2.31 bits per heavy atom. The average molecular weight is 434 g/mol. The van der Waals surface area contributed by atoms with E-state index in [1.165, 1.54) is 12.1 Å². The third-order valence-corrected chi connectivity index (χ3v) is 5.04. The standard InChI is InChI=1S/C27H24F2O3/c1-3-5-22(17-26(30)31)21-10-14-25(15-11-21)32-18-19-6-4-7-23(16-19)20-8-12-24(13-9-20)27(2,28)29/h4,6-16,22H,17-18H2,1-2H3,(H,30,31)/t22-/m0/s1. The molecule has 0 amide bonds. The number of aliphatic carboxylic acids is 1. The number of carboxylic acids is 1. The van der Waals surface area contributed by atoms with E-state index in [4.69, 9.17) is 9.84 Å². The van der Waals surface area contributed by atoms with E-state index in [-0.39, 0.29) is 17.9 Å². The van der Waals surface area contributed by atoms with E-state index in [2.05, 4.69) is 11.8 Å². The van der Waals surface area contributed by atoms with Crippen LogP contribution in [0.2, 0.25) is 0 Å². The average Bonchev–Trinajstić information content (AvgIpc) is 2.77. The third kappa shape index (κ3) is 6.18. The van der Waals surface area contributed by atoms with Crippen LogP contribution in [0, 0.1) is 11.8 Å². The van der Waals surface area contributed by atoms with Gasteiger partial charge in [-0.15, -0.1) is 5.92 Å². The molecule has 164 valence electrons. The molecule has 0 unspecified atom stereocenters. The molecule has 0 radical (unpaired) electrons. The smallest absolute Gasteiger partial charge is 0.304 e. The number of ether oxygens (including phenoxy) is 1. The van der Waals surface area contributed by atoms with Crippen molar-refractivity contribution in [1.29, 1.82) is 0 Å². The van der Waals surface area contributed by atoms with Gasteiger partial charge < -0.3 is 9.84 Å². The van der Waals surface area contributed by atoms with Gasteiger partial charge in [-0.3, -0.25) is 4.79 Å². The normalized spacial score (nSPS) is 11.9. The summed E-state index contributed by atoms with van der Waals surface area (Å²) in [6.45, 7) is 2.91. The highest BCUT2D eigenvalue weighted by Crippen LogP contribution is 2.29. The van der Waals surface area contributed by atoms with Crippen LogP contribution >= 0.6 is 0 Å². The number of hydrogen-bond donors (Lipinski definition) is 1. The fourth-order valence-electron chi connectivity index (χ4n) is 3.36. The minimum atomic E-state index is -2.86. The second-order valence-electron chi connectivity index (χ2n) is 7.57. The van der Waals surface area contributed by atoms with Gasteiger partial charge in [0.05, 0.1) is 12.3 Å². The Kier molecular flexibility index (Phi) is 7.27. The molecule has 3 nitrogen and oxygen atoms in total. The van der Waals surface area contributed by atoms with E-state index in [9.17, 15) is 13.6 Å². The Morgan fingerprint density at radius 2 is 1.72 bits per heavy atom. The van der Waals surface area contributed by atoms with Crippen LogP contribution in [0.5, 0.6) is 5.75 Å². The molecular formula is C27H24F2O3. The van der Waals surface area contributed by atoms with E-state index in [1.807, 2.05) is 36.4 Å². The number of halogens is 2. The molecule has 0 aromatic heterocycles. The summed E-state index contributed by atoms with van der Waals surface area (Å²) in [6, 6.07) is 21.3. The summed E-state index contributed by atoms with van der Waals surface area (Å²) in [5, 5.41) is 9.06. The lowest BCUT2D eigenvalue weighted by Gasteiger charge is -2.12. The fourth-order valence-corrected chi connectivity index (χ4v) is 3.36. The third-order valence-electron chi connectivity index (χ3n) is 5.04. The highest BCUT2D eigenvalue weighted by atomic mass is 19.3. The maximum atomic E-state index is 13.4. The van der Waals surface area contributed by atoms with Crippen LogP contribution in [0.15, 0.2) is 72.8 Å². The van der Waals surface area contributed by atoms with Crippen molar-refractivity contribution < 1.29 is 23.4 Å². The Labute approximate surface area is 186 Å². The molecule has 0 aliphatic carbocycles. The summed E-state index contributed by atoms with van der Waals surface area (Å²) in [4.78, 5) is 11.0. The second-order valence-corrected chi connectivity index (χ2v) is 7.57. The SMILES string of the molecule is CC#C[C@@H](CC(=O)O)c1ccc(OCc2cccc(-c3ccc(C(C)(F)F)cc3)c2)cc1. The zero-order valence-corrected chi connectivity index (χ0v) is 17.9. The lowest BCUT2D eigenvalue weighted by molar-refractivity contribution is -0.137. The van der Waals surface area contributed by atoms with Crippen molar-refractivity contribution in [2.45, 2.75) is 38.7 Å². The predicted octanol–water partition coefficient (Wildman–Crippen LogP) is 6.63. The number of benzene rings is 3. The van der Waals surface area contributed by atoms with Gasteiger partial charge in [-0.2, -0.15) is 0 Å². The molecule has 0 saturated carbocycles. The molecule has 0 heterocycles. The molecule has 5 heteroatoms. The van der Waals surface area contributed by atoms with E-state index in [0.717, 1.165) is 29.2 Å². The van der Waals surface area contributed by atoms with Crippen molar-refractivity contribution in [3.8, 4) is 28.7 Å². The first-order valence-corrected chi connectivity index (χ1v) is 10.2. The monoisotopic (exact) mass is 434 g/mol. The van der Waals surface area contributed by atoms with Crippen LogP contribution < -0.4 is 4.74 Å². The van der Waals surface area contributed by atoms with Gasteiger partial charge in [-0.25, -0.2) is 8.78 Å². The van der Waals surface area contributed by atoms with Crippen LogP contribution in [-0.2, 0) is 17.3 Å². The summed E-state index contributed by atoms with van der Waals surface area (Å²) in [5.41, 5.74) is 3.53. The van der Waals surface area contributed by atoms with Gasteiger partial charge in [0.1, 0.15) is 12.4 Å². The molecular weight excluding hydrogens is 410 g/mol. The van der Waals surface area contributed by atoms with Crippen LogP contribution in [0.1, 0.15) is 42.9 Å². The van der Waals surface area contributed by atoms with Crippen LogP contribution in [0.25, 0.3) is 11.1 Å². The van der Waals surface area contributed by atoms with E-state index >= 15 is 0 Å². The lowest BCUT2D eigenvalue weighted by Crippen LogP contribution is -2.06. The number of carbonyl (C=O) groups is 1. The highest BCUT2D eigenvalue weighted by Gasteiger charge is 2.23. The van der Waals surface area contributed by atoms with E-state index in [1.54, 1.807) is 31.2 Å². The molecule has 1 atom stereocenters. The van der Waals surface area contributed by atoms with E-state index < -0.39 is 11.9 Å².